The molecular weight excluding hydrogens is 477 g/mol. The van der Waals surface area contributed by atoms with E-state index in [0.29, 0.717) is 32.8 Å². The number of ether oxygens (including phenoxy) is 2. The summed E-state index contributed by atoms with van der Waals surface area (Å²) in [6.07, 6.45) is 1.54. The van der Waals surface area contributed by atoms with Gasteiger partial charge >= 0.3 is 0 Å². The molecule has 0 atom stereocenters. The van der Waals surface area contributed by atoms with Crippen LogP contribution in [0.25, 0.3) is 0 Å². The Morgan fingerprint density at radius 3 is 2.44 bits per heavy atom. The highest BCUT2D eigenvalue weighted by Crippen LogP contribution is 2.29. The van der Waals surface area contributed by atoms with Crippen molar-refractivity contribution in [3.05, 3.63) is 87.9 Å². The van der Waals surface area contributed by atoms with E-state index in [1.54, 1.807) is 48.5 Å². The van der Waals surface area contributed by atoms with Gasteiger partial charge in [-0.15, -0.1) is 0 Å². The summed E-state index contributed by atoms with van der Waals surface area (Å²) < 4.78 is 11.2. The van der Waals surface area contributed by atoms with Gasteiger partial charge in [0.25, 0.3) is 0 Å². The minimum absolute atomic E-state index is 0.0133. The topological polar surface area (TPSA) is 89.0 Å². The minimum Gasteiger partial charge on any atom is -0.493 e. The first kappa shape index (κ1) is 25.1. The van der Waals surface area contributed by atoms with E-state index >= 15 is 0 Å². The third-order valence-corrected chi connectivity index (χ3v) is 5.21. The molecule has 0 fully saturated rings. The van der Waals surface area contributed by atoms with Crippen LogP contribution in [0.3, 0.4) is 0 Å². The molecule has 7 nitrogen and oxygen atoms in total. The number of hydrogen-bond acceptors (Lipinski definition) is 5. The van der Waals surface area contributed by atoms with Crippen molar-refractivity contribution in [2.75, 3.05) is 12.4 Å². The van der Waals surface area contributed by atoms with Crippen molar-refractivity contribution in [2.24, 2.45) is 5.10 Å². The molecule has 0 heterocycles. The summed E-state index contributed by atoms with van der Waals surface area (Å²) in [5, 5.41) is 7.74. The maximum atomic E-state index is 12.0. The zero-order chi connectivity index (χ0) is 24.3. The highest BCUT2D eigenvalue weighted by Gasteiger charge is 2.09. The number of benzene rings is 3. The van der Waals surface area contributed by atoms with Gasteiger partial charge in [-0.25, -0.2) is 5.43 Å². The molecule has 176 valence electrons. The van der Waals surface area contributed by atoms with Crippen LogP contribution in [-0.4, -0.2) is 25.1 Å². The number of methoxy groups -OCH3 is 1. The summed E-state index contributed by atoms with van der Waals surface area (Å²) in [6.45, 7) is 0.244. The lowest BCUT2D eigenvalue weighted by atomic mass is 10.2. The number of rotatable bonds is 10. The lowest BCUT2D eigenvalue weighted by Crippen LogP contribution is -2.20. The van der Waals surface area contributed by atoms with Crippen molar-refractivity contribution in [1.82, 2.24) is 5.43 Å². The van der Waals surface area contributed by atoms with E-state index in [9.17, 15) is 9.59 Å². The number of halogens is 2. The van der Waals surface area contributed by atoms with Gasteiger partial charge in [-0.05, 0) is 48.0 Å². The quantitative estimate of drug-likeness (QED) is 0.286. The third kappa shape index (κ3) is 7.79. The highest BCUT2D eigenvalue weighted by molar-refractivity contribution is 6.35. The second kappa shape index (κ2) is 12.6. The second-order valence-electron chi connectivity index (χ2n) is 7.14. The Bertz CT molecular complexity index is 1170. The molecule has 0 spiro atoms. The maximum absolute atomic E-state index is 12.0. The first-order valence-electron chi connectivity index (χ1n) is 10.4. The summed E-state index contributed by atoms with van der Waals surface area (Å²) in [7, 11) is 1.53. The molecule has 3 aromatic carbocycles. The minimum atomic E-state index is -0.369. The molecule has 0 saturated carbocycles. The van der Waals surface area contributed by atoms with Gasteiger partial charge in [0.2, 0.25) is 11.8 Å². The van der Waals surface area contributed by atoms with E-state index in [2.05, 4.69) is 15.8 Å². The largest absolute Gasteiger partial charge is 0.493 e. The molecule has 2 amide bonds. The smallest absolute Gasteiger partial charge is 0.240 e. The van der Waals surface area contributed by atoms with Crippen molar-refractivity contribution in [3.63, 3.8) is 0 Å². The second-order valence-corrected chi connectivity index (χ2v) is 7.99. The van der Waals surface area contributed by atoms with Crippen LogP contribution >= 0.6 is 23.2 Å². The molecule has 2 N–H and O–H groups in total. The first-order valence-corrected chi connectivity index (χ1v) is 11.1. The Balaban J connectivity index is 1.48. The molecule has 0 aliphatic rings. The number of nitrogens with zero attached hydrogens (tertiary/aromatic N) is 1. The monoisotopic (exact) mass is 499 g/mol. The number of para-hydroxylation sites is 1. The lowest BCUT2D eigenvalue weighted by molar-refractivity contribution is -0.124. The van der Waals surface area contributed by atoms with Crippen LogP contribution < -0.4 is 20.2 Å². The predicted octanol–water partition coefficient (Wildman–Crippen LogP) is 5.45. The number of nitrogens with one attached hydrogen (secondary N) is 2. The van der Waals surface area contributed by atoms with Crippen LogP contribution in [-0.2, 0) is 16.2 Å². The average molecular weight is 500 g/mol. The molecule has 3 rings (SSSR count). The summed E-state index contributed by atoms with van der Waals surface area (Å²) in [6, 6.07) is 19.5. The Morgan fingerprint density at radius 1 is 0.941 bits per heavy atom. The number of carbonyl (C=O) groups excluding carboxylic acids is 2. The zero-order valence-corrected chi connectivity index (χ0v) is 19.9. The molecule has 0 aliphatic heterocycles. The summed E-state index contributed by atoms with van der Waals surface area (Å²) in [4.78, 5) is 23.9. The standard InChI is InChI=1S/C25H23Cl2N3O4/c1-33-23-13-17(7-10-22(23)34-16-18-8-9-19(26)14-21(18)27)15-28-30-25(32)12-11-24(31)29-20-5-3-2-4-6-20/h2-10,13-15H,11-12,16H2,1H3,(H,29,31)(H,30,32). The normalized spacial score (nSPS) is 10.7. The number of hydrazone groups is 1. The Hall–Kier alpha value is -3.55. The van der Waals surface area contributed by atoms with Crippen LogP contribution in [0.15, 0.2) is 71.8 Å². The van der Waals surface area contributed by atoms with Crippen molar-refractivity contribution in [3.8, 4) is 11.5 Å². The third-order valence-electron chi connectivity index (χ3n) is 4.63. The van der Waals surface area contributed by atoms with Gasteiger partial charge in [0.15, 0.2) is 11.5 Å². The van der Waals surface area contributed by atoms with Gasteiger partial charge in [-0.3, -0.25) is 9.59 Å². The molecule has 0 unspecified atom stereocenters. The van der Waals surface area contributed by atoms with Gasteiger partial charge < -0.3 is 14.8 Å². The fraction of sp³-hybridized carbons (Fsp3) is 0.160. The Kier molecular flexibility index (Phi) is 9.31. The van der Waals surface area contributed by atoms with Crippen LogP contribution in [0.4, 0.5) is 5.69 Å². The van der Waals surface area contributed by atoms with Crippen LogP contribution in [0.2, 0.25) is 10.0 Å². The molecule has 0 radical (unpaired) electrons. The average Bonchev–Trinajstić information content (AvgIpc) is 2.83. The molecule has 34 heavy (non-hydrogen) atoms. The number of anilines is 1. The molecule has 0 saturated heterocycles. The van der Waals surface area contributed by atoms with E-state index in [1.165, 1.54) is 13.3 Å². The van der Waals surface area contributed by atoms with Gasteiger partial charge in [-0.2, -0.15) is 5.10 Å². The molecule has 0 aromatic heterocycles. The number of amides is 2. The molecule has 0 aliphatic carbocycles. The van der Waals surface area contributed by atoms with E-state index < -0.39 is 0 Å². The van der Waals surface area contributed by atoms with Gasteiger partial charge in [0.05, 0.1) is 13.3 Å². The molecule has 3 aromatic rings. The fourth-order valence-electron chi connectivity index (χ4n) is 2.88. The van der Waals surface area contributed by atoms with E-state index in [-0.39, 0.29) is 31.3 Å². The maximum Gasteiger partial charge on any atom is 0.240 e. The van der Waals surface area contributed by atoms with Gasteiger partial charge in [-0.1, -0.05) is 47.5 Å². The van der Waals surface area contributed by atoms with Crippen LogP contribution in [0, 0.1) is 0 Å². The number of carbonyl (C=O) groups is 2. The van der Waals surface area contributed by atoms with E-state index in [1.807, 2.05) is 18.2 Å². The van der Waals surface area contributed by atoms with Crippen molar-refractivity contribution in [1.29, 1.82) is 0 Å². The summed E-state index contributed by atoms with van der Waals surface area (Å²) >= 11 is 12.1. The predicted molar refractivity (Wildman–Crippen MR) is 134 cm³/mol. The fourth-order valence-corrected chi connectivity index (χ4v) is 3.35. The van der Waals surface area contributed by atoms with E-state index in [0.717, 1.165) is 5.56 Å². The van der Waals surface area contributed by atoms with Crippen LogP contribution in [0.1, 0.15) is 24.0 Å². The lowest BCUT2D eigenvalue weighted by Gasteiger charge is -2.12. The Labute approximate surface area is 207 Å². The van der Waals surface area contributed by atoms with Crippen LogP contribution in [0.5, 0.6) is 11.5 Å². The molecule has 9 heteroatoms. The Morgan fingerprint density at radius 2 is 1.71 bits per heavy atom. The number of hydrogen-bond donors (Lipinski definition) is 2. The van der Waals surface area contributed by atoms with Crippen molar-refractivity contribution >= 4 is 46.9 Å². The highest BCUT2D eigenvalue weighted by atomic mass is 35.5. The van der Waals surface area contributed by atoms with Crippen molar-refractivity contribution < 1.29 is 19.1 Å². The van der Waals surface area contributed by atoms with Crippen molar-refractivity contribution in [2.45, 2.75) is 19.4 Å². The summed E-state index contributed by atoms with van der Waals surface area (Å²) in [5.74, 6) is 0.411. The van der Waals surface area contributed by atoms with Gasteiger partial charge in [0, 0.05) is 34.1 Å². The van der Waals surface area contributed by atoms with Gasteiger partial charge in [0.1, 0.15) is 6.61 Å². The zero-order valence-electron chi connectivity index (χ0n) is 18.4. The molecule has 0 bridgehead atoms. The summed E-state index contributed by atoms with van der Waals surface area (Å²) in [5.41, 5.74) is 4.58. The van der Waals surface area contributed by atoms with E-state index in [4.69, 9.17) is 32.7 Å². The molecular formula is C25H23Cl2N3O4. The first-order chi connectivity index (χ1) is 16.4. The SMILES string of the molecule is COc1cc(C=NNC(=O)CCC(=O)Nc2ccccc2)ccc1OCc1ccc(Cl)cc1Cl.